The van der Waals surface area contributed by atoms with Crippen LogP contribution in [0, 0.1) is 6.92 Å². The van der Waals surface area contributed by atoms with Crippen molar-refractivity contribution in [2.45, 2.75) is 13.5 Å². The number of ether oxygens (including phenoxy) is 1. The van der Waals surface area contributed by atoms with Crippen LogP contribution < -0.4 is 9.64 Å². The summed E-state index contributed by atoms with van der Waals surface area (Å²) in [4.78, 5) is 2.06. The molecule has 2 rings (SSSR count). The largest absolute Gasteiger partial charge is 0.456 e. The Bertz CT molecular complexity index is 540. The first kappa shape index (κ1) is 15.8. The van der Waals surface area contributed by atoms with E-state index in [4.69, 9.17) is 4.74 Å². The van der Waals surface area contributed by atoms with Gasteiger partial charge in [0.1, 0.15) is 11.5 Å². The van der Waals surface area contributed by atoms with E-state index in [9.17, 15) is 5.11 Å². The maximum absolute atomic E-state index is 9.19. The molecule has 0 amide bonds. The van der Waals surface area contributed by atoms with Gasteiger partial charge in [-0.15, -0.1) is 23.7 Å². The van der Waals surface area contributed by atoms with E-state index in [0.717, 1.165) is 22.7 Å². The summed E-state index contributed by atoms with van der Waals surface area (Å²) in [6.45, 7) is 2.08. The number of hydrogen-bond donors (Lipinski definition) is 1. The van der Waals surface area contributed by atoms with Gasteiger partial charge in [0.05, 0.1) is 6.61 Å². The van der Waals surface area contributed by atoms with E-state index in [0.29, 0.717) is 0 Å². The molecule has 2 aromatic rings. The van der Waals surface area contributed by atoms with E-state index >= 15 is 0 Å². The fourth-order valence-corrected chi connectivity index (χ4v) is 2.52. The molecule has 0 atom stereocenters. The topological polar surface area (TPSA) is 32.7 Å². The van der Waals surface area contributed by atoms with E-state index < -0.39 is 0 Å². The quantitative estimate of drug-likeness (QED) is 0.931. The molecule has 1 aromatic carbocycles. The van der Waals surface area contributed by atoms with Gasteiger partial charge < -0.3 is 14.7 Å². The van der Waals surface area contributed by atoms with Gasteiger partial charge in [-0.05, 0) is 18.6 Å². The van der Waals surface area contributed by atoms with Crippen molar-refractivity contribution in [2.75, 3.05) is 19.0 Å². The van der Waals surface area contributed by atoms with Crippen LogP contribution in [0.4, 0.5) is 5.69 Å². The number of nitrogens with zero attached hydrogens (tertiary/aromatic N) is 1. The summed E-state index contributed by atoms with van der Waals surface area (Å²) in [5.74, 6) is 1.52. The lowest BCUT2D eigenvalue weighted by Gasteiger charge is -2.17. The van der Waals surface area contributed by atoms with Crippen LogP contribution in [0.15, 0.2) is 29.0 Å². The van der Waals surface area contributed by atoms with E-state index in [1.807, 2.05) is 43.1 Å². The van der Waals surface area contributed by atoms with Crippen molar-refractivity contribution in [3.63, 3.8) is 0 Å². The lowest BCUT2D eigenvalue weighted by atomic mass is 10.2. The fraction of sp³-hybridized carbons (Fsp3) is 0.286. The molecule has 0 fully saturated rings. The zero-order chi connectivity index (χ0) is 13.1. The van der Waals surface area contributed by atoms with E-state index in [2.05, 4.69) is 11.8 Å². The van der Waals surface area contributed by atoms with Crippen molar-refractivity contribution < 1.29 is 9.84 Å². The lowest BCUT2D eigenvalue weighted by molar-refractivity contribution is 0.277. The van der Waals surface area contributed by atoms with Crippen molar-refractivity contribution in [1.29, 1.82) is 0 Å². The fourth-order valence-electron chi connectivity index (χ4n) is 1.78. The first-order valence-electron chi connectivity index (χ1n) is 5.73. The first-order chi connectivity index (χ1) is 8.61. The molecule has 0 unspecified atom stereocenters. The van der Waals surface area contributed by atoms with Crippen molar-refractivity contribution in [1.82, 2.24) is 0 Å². The van der Waals surface area contributed by atoms with Gasteiger partial charge in [0.15, 0.2) is 0 Å². The van der Waals surface area contributed by atoms with Crippen molar-refractivity contribution >= 4 is 29.4 Å². The van der Waals surface area contributed by atoms with Crippen LogP contribution in [-0.4, -0.2) is 19.2 Å². The molecule has 19 heavy (non-hydrogen) atoms. The zero-order valence-corrected chi connectivity index (χ0v) is 12.8. The molecule has 1 heterocycles. The summed E-state index contributed by atoms with van der Waals surface area (Å²) in [7, 11) is 4.02. The molecule has 0 aliphatic rings. The van der Waals surface area contributed by atoms with Gasteiger partial charge in [-0.2, -0.15) is 0 Å². The highest BCUT2D eigenvalue weighted by Gasteiger charge is 2.07. The number of rotatable bonds is 4. The van der Waals surface area contributed by atoms with Gasteiger partial charge >= 0.3 is 0 Å². The summed E-state index contributed by atoms with van der Waals surface area (Å²) >= 11 is 1.53. The first-order valence-corrected chi connectivity index (χ1v) is 6.68. The van der Waals surface area contributed by atoms with Gasteiger partial charge in [-0.1, -0.05) is 6.07 Å². The number of halogens is 1. The second kappa shape index (κ2) is 6.80. The summed E-state index contributed by atoms with van der Waals surface area (Å²) in [6, 6.07) is 5.99. The standard InChI is InChI=1S/C14H17NO2S.ClH/c1-10-4-5-12(6-13(10)15(2)3)17-14-9-18-8-11(14)7-16;/h4-6,8-9,16H,7H2,1-3H3;1H. The Morgan fingerprint density at radius 2 is 2.00 bits per heavy atom. The van der Waals surface area contributed by atoms with Crippen molar-refractivity contribution in [3.8, 4) is 11.5 Å². The lowest BCUT2D eigenvalue weighted by Crippen LogP contribution is -2.10. The van der Waals surface area contributed by atoms with Gasteiger partial charge in [0.25, 0.3) is 0 Å². The van der Waals surface area contributed by atoms with Crippen LogP contribution in [0.1, 0.15) is 11.1 Å². The summed E-state index contributed by atoms with van der Waals surface area (Å²) in [5.41, 5.74) is 3.17. The molecule has 0 saturated carbocycles. The SMILES string of the molecule is Cc1ccc(Oc2cscc2CO)cc1N(C)C.Cl. The number of aliphatic hydroxyl groups excluding tert-OH is 1. The number of aryl methyl sites for hydroxylation is 1. The van der Waals surface area contributed by atoms with Gasteiger partial charge in [0, 0.05) is 42.2 Å². The Hall–Kier alpha value is -1.23. The Balaban J connectivity index is 0.00000180. The maximum Gasteiger partial charge on any atom is 0.143 e. The molecule has 0 radical (unpaired) electrons. The molecular weight excluding hydrogens is 282 g/mol. The smallest absolute Gasteiger partial charge is 0.143 e. The number of aliphatic hydroxyl groups is 1. The highest BCUT2D eigenvalue weighted by molar-refractivity contribution is 7.08. The van der Waals surface area contributed by atoms with Gasteiger partial charge in [-0.25, -0.2) is 0 Å². The Kier molecular flexibility index (Phi) is 5.66. The van der Waals surface area contributed by atoms with Gasteiger partial charge in [0.2, 0.25) is 0 Å². The predicted molar refractivity (Wildman–Crippen MR) is 83.1 cm³/mol. The normalized spacial score (nSPS) is 9.89. The second-order valence-electron chi connectivity index (χ2n) is 4.36. The third kappa shape index (κ3) is 3.62. The molecule has 0 spiro atoms. The molecule has 3 nitrogen and oxygen atoms in total. The average molecular weight is 300 g/mol. The van der Waals surface area contributed by atoms with Crippen molar-refractivity contribution in [3.05, 3.63) is 40.1 Å². The molecule has 1 aromatic heterocycles. The van der Waals surface area contributed by atoms with Crippen molar-refractivity contribution in [2.24, 2.45) is 0 Å². The zero-order valence-electron chi connectivity index (χ0n) is 11.2. The van der Waals surface area contributed by atoms with Crippen LogP contribution in [0.5, 0.6) is 11.5 Å². The number of thiophene rings is 1. The Morgan fingerprint density at radius 3 is 2.63 bits per heavy atom. The summed E-state index contributed by atoms with van der Waals surface area (Å²) in [6.07, 6.45) is 0. The molecule has 0 saturated heterocycles. The van der Waals surface area contributed by atoms with Crippen LogP contribution >= 0.6 is 23.7 Å². The summed E-state index contributed by atoms with van der Waals surface area (Å²) in [5, 5.41) is 13.0. The molecule has 0 aliphatic heterocycles. The minimum Gasteiger partial charge on any atom is -0.456 e. The minimum atomic E-state index is 0. The monoisotopic (exact) mass is 299 g/mol. The predicted octanol–water partition coefficient (Wildman–Crippen LogP) is 3.83. The molecule has 5 heteroatoms. The molecule has 104 valence electrons. The molecular formula is C14H18ClNO2S. The Morgan fingerprint density at radius 1 is 1.26 bits per heavy atom. The van der Waals surface area contributed by atoms with Gasteiger partial charge in [-0.3, -0.25) is 0 Å². The average Bonchev–Trinajstić information content (AvgIpc) is 2.78. The maximum atomic E-state index is 9.19. The third-order valence-electron chi connectivity index (χ3n) is 2.76. The van der Waals surface area contributed by atoms with E-state index in [1.165, 1.54) is 16.9 Å². The highest BCUT2D eigenvalue weighted by atomic mass is 35.5. The molecule has 0 aliphatic carbocycles. The number of anilines is 1. The molecule has 1 N–H and O–H groups in total. The van der Waals surface area contributed by atoms with E-state index in [1.54, 1.807) is 0 Å². The number of benzene rings is 1. The van der Waals surface area contributed by atoms with Crippen LogP contribution in [-0.2, 0) is 6.61 Å². The third-order valence-corrected chi connectivity index (χ3v) is 3.53. The Labute approximate surface area is 123 Å². The van der Waals surface area contributed by atoms with E-state index in [-0.39, 0.29) is 19.0 Å². The number of hydrogen-bond acceptors (Lipinski definition) is 4. The van der Waals surface area contributed by atoms with Crippen LogP contribution in [0.25, 0.3) is 0 Å². The highest BCUT2D eigenvalue weighted by Crippen LogP contribution is 2.31. The van der Waals surface area contributed by atoms with Crippen LogP contribution in [0.3, 0.4) is 0 Å². The van der Waals surface area contributed by atoms with Crippen LogP contribution in [0.2, 0.25) is 0 Å². The minimum absolute atomic E-state index is 0. The second-order valence-corrected chi connectivity index (χ2v) is 5.11. The molecule has 0 bridgehead atoms. The summed E-state index contributed by atoms with van der Waals surface area (Å²) < 4.78 is 5.81.